The fourth-order valence-electron chi connectivity index (χ4n) is 3.46. The molecule has 4 rings (SSSR count). The third kappa shape index (κ3) is 3.73. The van der Waals surface area contributed by atoms with Crippen LogP contribution in [0.15, 0.2) is 35.0 Å². The molecule has 146 valence electrons. The quantitative estimate of drug-likeness (QED) is 0.666. The Hall–Kier alpha value is -3.23. The van der Waals surface area contributed by atoms with Crippen molar-refractivity contribution in [1.82, 2.24) is 30.0 Å². The lowest BCUT2D eigenvalue weighted by atomic mass is 10.0. The highest BCUT2D eigenvalue weighted by atomic mass is 16.5. The molecule has 1 saturated heterocycles. The van der Waals surface area contributed by atoms with E-state index in [0.717, 1.165) is 24.2 Å². The molecule has 1 fully saturated rings. The molecule has 2 aromatic heterocycles. The Morgan fingerprint density at radius 1 is 1.29 bits per heavy atom. The van der Waals surface area contributed by atoms with E-state index >= 15 is 0 Å². The summed E-state index contributed by atoms with van der Waals surface area (Å²) in [6.45, 7) is 3.14. The van der Waals surface area contributed by atoms with Gasteiger partial charge in [-0.1, -0.05) is 28.6 Å². The molecule has 28 heavy (non-hydrogen) atoms. The number of hydrogen-bond donors (Lipinski definition) is 0. The van der Waals surface area contributed by atoms with E-state index in [2.05, 4.69) is 20.5 Å². The molecule has 9 heteroatoms. The van der Waals surface area contributed by atoms with Crippen LogP contribution in [-0.2, 0) is 11.2 Å². The molecule has 1 aromatic carbocycles. The minimum atomic E-state index is 0.114. The van der Waals surface area contributed by atoms with Gasteiger partial charge in [0.05, 0.1) is 25.8 Å². The molecular formula is C19H22N6O3. The number of rotatable bonds is 5. The second kappa shape index (κ2) is 7.79. The lowest BCUT2D eigenvalue weighted by Crippen LogP contribution is -2.40. The number of piperidine rings is 1. The fraction of sp³-hybridized carbons (Fsp3) is 0.421. The molecule has 0 unspecified atom stereocenters. The Balaban J connectivity index is 1.35. The zero-order chi connectivity index (χ0) is 19.5. The average Bonchev–Trinajstić information content (AvgIpc) is 3.37. The number of benzene rings is 1. The molecule has 0 aliphatic carbocycles. The number of nitrogens with zero attached hydrogens (tertiary/aromatic N) is 6. The predicted octanol–water partition coefficient (Wildman–Crippen LogP) is 2.05. The maximum Gasteiger partial charge on any atom is 0.280 e. The lowest BCUT2D eigenvalue weighted by Gasteiger charge is -2.32. The maximum atomic E-state index is 12.7. The Morgan fingerprint density at radius 2 is 2.07 bits per heavy atom. The Labute approximate surface area is 162 Å². The van der Waals surface area contributed by atoms with Crippen LogP contribution in [0.25, 0.3) is 11.6 Å². The molecule has 0 atom stereocenters. The summed E-state index contributed by atoms with van der Waals surface area (Å²) >= 11 is 0. The zero-order valence-corrected chi connectivity index (χ0v) is 15.9. The summed E-state index contributed by atoms with van der Waals surface area (Å²) in [5.74, 6) is 1.79. The van der Waals surface area contributed by atoms with E-state index in [4.69, 9.17) is 9.26 Å². The summed E-state index contributed by atoms with van der Waals surface area (Å²) in [6, 6.07) is 7.83. The number of aromatic nitrogens is 5. The van der Waals surface area contributed by atoms with E-state index in [0.29, 0.717) is 36.9 Å². The minimum absolute atomic E-state index is 0.114. The number of amides is 1. The van der Waals surface area contributed by atoms with Crippen molar-refractivity contribution in [2.45, 2.75) is 32.2 Å². The predicted molar refractivity (Wildman–Crippen MR) is 99.6 cm³/mol. The van der Waals surface area contributed by atoms with Crippen molar-refractivity contribution in [2.75, 3.05) is 20.2 Å². The smallest absolute Gasteiger partial charge is 0.280 e. The highest BCUT2D eigenvalue weighted by Gasteiger charge is 2.25. The first kappa shape index (κ1) is 18.1. The van der Waals surface area contributed by atoms with Gasteiger partial charge in [-0.05, 0) is 25.8 Å². The largest absolute Gasteiger partial charge is 0.496 e. The zero-order valence-electron chi connectivity index (χ0n) is 15.9. The summed E-state index contributed by atoms with van der Waals surface area (Å²) in [6.07, 6.45) is 3.81. The van der Waals surface area contributed by atoms with Gasteiger partial charge in [-0.2, -0.15) is 4.98 Å². The van der Waals surface area contributed by atoms with Gasteiger partial charge in [-0.15, -0.1) is 5.10 Å². The molecule has 3 aromatic rings. The fourth-order valence-corrected chi connectivity index (χ4v) is 3.46. The third-order valence-corrected chi connectivity index (χ3v) is 4.98. The van der Waals surface area contributed by atoms with Gasteiger partial charge < -0.3 is 14.2 Å². The van der Waals surface area contributed by atoms with Gasteiger partial charge in [-0.3, -0.25) is 4.79 Å². The topological polar surface area (TPSA) is 99.2 Å². The van der Waals surface area contributed by atoms with E-state index < -0.39 is 0 Å². The highest BCUT2D eigenvalue weighted by molar-refractivity contribution is 5.79. The van der Waals surface area contributed by atoms with Crippen LogP contribution in [0.2, 0.25) is 0 Å². The summed E-state index contributed by atoms with van der Waals surface area (Å²) in [5, 5.41) is 12.1. The molecule has 0 bridgehead atoms. The van der Waals surface area contributed by atoms with Crippen molar-refractivity contribution in [3.05, 3.63) is 41.9 Å². The van der Waals surface area contributed by atoms with Crippen molar-refractivity contribution >= 4 is 5.91 Å². The summed E-state index contributed by atoms with van der Waals surface area (Å²) in [4.78, 5) is 18.8. The number of carbonyl (C=O) groups is 1. The monoisotopic (exact) mass is 382 g/mol. The van der Waals surface area contributed by atoms with Gasteiger partial charge in [0.15, 0.2) is 11.5 Å². The Kier molecular flexibility index (Phi) is 5.05. The first-order chi connectivity index (χ1) is 13.6. The van der Waals surface area contributed by atoms with E-state index in [1.807, 2.05) is 40.0 Å². The highest BCUT2D eigenvalue weighted by Crippen LogP contribution is 2.25. The normalized spacial score (nSPS) is 15.0. The number of hydrogen-bond acceptors (Lipinski definition) is 7. The summed E-state index contributed by atoms with van der Waals surface area (Å²) in [7, 11) is 1.62. The number of likely N-dealkylation sites (tertiary alicyclic amines) is 1. The molecule has 1 amide bonds. The second-order valence-electron chi connectivity index (χ2n) is 6.83. The van der Waals surface area contributed by atoms with Gasteiger partial charge in [0, 0.05) is 18.7 Å². The van der Waals surface area contributed by atoms with Crippen LogP contribution >= 0.6 is 0 Å². The van der Waals surface area contributed by atoms with E-state index in [1.165, 1.54) is 0 Å². The first-order valence-electron chi connectivity index (χ1n) is 9.26. The number of carbonyl (C=O) groups excluding carboxylic acids is 1. The third-order valence-electron chi connectivity index (χ3n) is 4.98. The average molecular weight is 382 g/mol. The summed E-state index contributed by atoms with van der Waals surface area (Å²) in [5.41, 5.74) is 1.48. The van der Waals surface area contributed by atoms with Gasteiger partial charge in [-0.25, -0.2) is 4.68 Å². The molecule has 1 aliphatic heterocycles. The van der Waals surface area contributed by atoms with Crippen LogP contribution in [0.4, 0.5) is 0 Å². The van der Waals surface area contributed by atoms with Gasteiger partial charge in [0.1, 0.15) is 5.75 Å². The molecule has 9 nitrogen and oxygen atoms in total. The van der Waals surface area contributed by atoms with E-state index in [9.17, 15) is 4.79 Å². The number of aryl methyl sites for hydroxylation is 1. The lowest BCUT2D eigenvalue weighted by molar-refractivity contribution is -0.131. The molecular weight excluding hydrogens is 360 g/mol. The SMILES string of the molecule is COc1ccccc1CC(=O)N1CCC(n2cc(-c3nc(C)no3)nn2)CC1. The molecule has 0 N–H and O–H groups in total. The van der Waals surface area contributed by atoms with Gasteiger partial charge in [0.25, 0.3) is 5.89 Å². The number of ether oxygens (including phenoxy) is 1. The second-order valence-corrected chi connectivity index (χ2v) is 6.83. The van der Waals surface area contributed by atoms with Crippen molar-refractivity contribution in [3.63, 3.8) is 0 Å². The molecule has 0 radical (unpaired) electrons. The van der Waals surface area contributed by atoms with Crippen molar-refractivity contribution in [3.8, 4) is 17.3 Å². The van der Waals surface area contributed by atoms with Crippen molar-refractivity contribution in [2.24, 2.45) is 0 Å². The van der Waals surface area contributed by atoms with Crippen LogP contribution in [0, 0.1) is 6.92 Å². The van der Waals surface area contributed by atoms with Crippen LogP contribution in [0.1, 0.15) is 30.3 Å². The van der Waals surface area contributed by atoms with Crippen molar-refractivity contribution < 1.29 is 14.1 Å². The van der Waals surface area contributed by atoms with Crippen LogP contribution in [0.5, 0.6) is 5.75 Å². The van der Waals surface area contributed by atoms with Gasteiger partial charge >= 0.3 is 0 Å². The van der Waals surface area contributed by atoms with Crippen LogP contribution in [0.3, 0.4) is 0 Å². The van der Waals surface area contributed by atoms with E-state index in [-0.39, 0.29) is 11.9 Å². The first-order valence-corrected chi connectivity index (χ1v) is 9.26. The minimum Gasteiger partial charge on any atom is -0.496 e. The van der Waals surface area contributed by atoms with Crippen molar-refractivity contribution in [1.29, 1.82) is 0 Å². The molecule has 0 spiro atoms. The Bertz CT molecular complexity index is 958. The summed E-state index contributed by atoms with van der Waals surface area (Å²) < 4.78 is 12.3. The molecule has 1 aliphatic rings. The maximum absolute atomic E-state index is 12.7. The number of para-hydroxylation sites is 1. The van der Waals surface area contributed by atoms with E-state index in [1.54, 1.807) is 14.0 Å². The Morgan fingerprint density at radius 3 is 2.79 bits per heavy atom. The molecule has 0 saturated carbocycles. The van der Waals surface area contributed by atoms with Crippen LogP contribution in [-0.4, -0.2) is 56.1 Å². The molecule has 3 heterocycles. The van der Waals surface area contributed by atoms with Crippen LogP contribution < -0.4 is 4.74 Å². The standard InChI is InChI=1S/C19H22N6O3/c1-13-20-19(28-22-13)16-12-25(23-21-16)15-7-9-24(10-8-15)18(26)11-14-5-3-4-6-17(14)27-2/h3-6,12,15H,7-11H2,1-2H3. The number of methoxy groups -OCH3 is 1. The van der Waals surface area contributed by atoms with Gasteiger partial charge in [0.2, 0.25) is 5.91 Å².